The van der Waals surface area contributed by atoms with Gasteiger partial charge in [0.1, 0.15) is 0 Å². The minimum Gasteiger partial charge on any atom is -0.283 e. The molecule has 0 bridgehead atoms. The van der Waals surface area contributed by atoms with Crippen molar-refractivity contribution in [1.29, 1.82) is 0 Å². The smallest absolute Gasteiger partial charge is 0.229 e. The molecule has 144 valence electrons. The predicted molar refractivity (Wildman–Crippen MR) is 111 cm³/mol. The Morgan fingerprint density at radius 1 is 1.04 bits per heavy atom. The molecule has 1 N–H and O–H groups in total. The normalized spacial score (nSPS) is 12.2. The quantitative estimate of drug-likeness (QED) is 0.568. The van der Waals surface area contributed by atoms with Gasteiger partial charge in [0, 0.05) is 22.3 Å². The number of nitrogens with zero attached hydrogens (tertiary/aromatic N) is 4. The van der Waals surface area contributed by atoms with Crippen molar-refractivity contribution in [3.8, 4) is 11.3 Å². The average molecular weight is 395 g/mol. The van der Waals surface area contributed by atoms with E-state index in [9.17, 15) is 8.42 Å². The molecule has 0 unspecified atom stereocenters. The van der Waals surface area contributed by atoms with E-state index in [-0.39, 0.29) is 5.92 Å². The van der Waals surface area contributed by atoms with Crippen molar-refractivity contribution in [2.24, 2.45) is 0 Å². The van der Waals surface area contributed by atoms with Gasteiger partial charge in [-0.05, 0) is 18.6 Å². The van der Waals surface area contributed by atoms with Gasteiger partial charge in [-0.15, -0.1) is 10.2 Å². The highest BCUT2D eigenvalue weighted by Gasteiger charge is 2.17. The minimum atomic E-state index is -3.38. The molecule has 4 rings (SSSR count). The van der Waals surface area contributed by atoms with E-state index in [0.29, 0.717) is 11.3 Å². The Morgan fingerprint density at radius 3 is 2.43 bits per heavy atom. The summed E-state index contributed by atoms with van der Waals surface area (Å²) in [5.74, 6) is 0.945. The highest BCUT2D eigenvalue weighted by molar-refractivity contribution is 7.92. The molecule has 2 aromatic carbocycles. The van der Waals surface area contributed by atoms with Crippen molar-refractivity contribution in [3.63, 3.8) is 0 Å². The lowest BCUT2D eigenvalue weighted by Gasteiger charge is -2.12. The minimum absolute atomic E-state index is 0.164. The van der Waals surface area contributed by atoms with Crippen LogP contribution < -0.4 is 4.72 Å². The van der Waals surface area contributed by atoms with Crippen LogP contribution in [-0.4, -0.2) is 34.5 Å². The fourth-order valence-electron chi connectivity index (χ4n) is 3.25. The number of aryl methyl sites for hydroxylation is 1. The number of nitrogens with one attached hydrogen (secondary N) is 1. The molecule has 0 aliphatic rings. The standard InChI is InChI=1S/C20H21N5O2S/c1-12(2)19-21-22-20-16-8-6-5-7-15(16)18(23-25(19)20)14-10-9-13(3)17(11-14)24-28(4,26)27/h5-12,24H,1-4H3. The van der Waals surface area contributed by atoms with Crippen molar-refractivity contribution in [1.82, 2.24) is 19.8 Å². The van der Waals surface area contributed by atoms with E-state index in [0.717, 1.165) is 39.7 Å². The topological polar surface area (TPSA) is 89.2 Å². The van der Waals surface area contributed by atoms with E-state index in [1.54, 1.807) is 4.52 Å². The fraction of sp³-hybridized carbons (Fsp3) is 0.250. The number of fused-ring (bicyclic) bond motifs is 3. The van der Waals surface area contributed by atoms with Gasteiger partial charge in [0.25, 0.3) is 0 Å². The maximum absolute atomic E-state index is 11.7. The van der Waals surface area contributed by atoms with Crippen molar-refractivity contribution >= 4 is 32.1 Å². The summed E-state index contributed by atoms with van der Waals surface area (Å²) in [6, 6.07) is 13.6. The number of hydrogen-bond donors (Lipinski definition) is 1. The first-order chi connectivity index (χ1) is 13.2. The first-order valence-electron chi connectivity index (χ1n) is 8.97. The molecule has 0 spiro atoms. The lowest BCUT2D eigenvalue weighted by molar-refractivity contribution is 0.607. The summed E-state index contributed by atoms with van der Waals surface area (Å²) in [5, 5.41) is 15.4. The summed E-state index contributed by atoms with van der Waals surface area (Å²) >= 11 is 0. The van der Waals surface area contributed by atoms with Crippen LogP contribution in [0, 0.1) is 6.92 Å². The number of aromatic nitrogens is 4. The molecule has 0 amide bonds. The summed E-state index contributed by atoms with van der Waals surface area (Å²) < 4.78 is 27.8. The zero-order valence-corrected chi connectivity index (χ0v) is 16.9. The van der Waals surface area contributed by atoms with Crippen molar-refractivity contribution in [2.45, 2.75) is 26.7 Å². The first kappa shape index (κ1) is 18.4. The van der Waals surface area contributed by atoms with Crippen LogP contribution in [0.25, 0.3) is 27.7 Å². The molecule has 0 saturated heterocycles. The van der Waals surface area contributed by atoms with E-state index >= 15 is 0 Å². The highest BCUT2D eigenvalue weighted by Crippen LogP contribution is 2.32. The zero-order chi connectivity index (χ0) is 20.1. The Balaban J connectivity index is 2.02. The number of anilines is 1. The SMILES string of the molecule is Cc1ccc(-c2nn3c(C(C)C)nnc3c3ccccc23)cc1NS(C)(=O)=O. The van der Waals surface area contributed by atoms with Crippen LogP contribution in [-0.2, 0) is 10.0 Å². The molecule has 8 heteroatoms. The van der Waals surface area contributed by atoms with E-state index in [1.807, 2.05) is 63.2 Å². The van der Waals surface area contributed by atoms with Crippen LogP contribution >= 0.6 is 0 Å². The van der Waals surface area contributed by atoms with Gasteiger partial charge in [0.2, 0.25) is 10.0 Å². The Morgan fingerprint density at radius 2 is 1.75 bits per heavy atom. The molecule has 0 aliphatic carbocycles. The van der Waals surface area contributed by atoms with Crippen LogP contribution in [0.15, 0.2) is 42.5 Å². The van der Waals surface area contributed by atoms with Gasteiger partial charge in [-0.3, -0.25) is 4.72 Å². The maximum Gasteiger partial charge on any atom is 0.229 e. The lowest BCUT2D eigenvalue weighted by Crippen LogP contribution is -2.10. The Kier molecular flexibility index (Phi) is 4.30. The van der Waals surface area contributed by atoms with Crippen LogP contribution in [0.3, 0.4) is 0 Å². The second-order valence-electron chi connectivity index (χ2n) is 7.25. The van der Waals surface area contributed by atoms with Crippen LogP contribution in [0.5, 0.6) is 0 Å². The molecule has 0 aliphatic heterocycles. The summed E-state index contributed by atoms with van der Waals surface area (Å²) in [5.41, 5.74) is 3.66. The molecule has 4 aromatic rings. The van der Waals surface area contributed by atoms with Gasteiger partial charge in [-0.1, -0.05) is 50.2 Å². The Bertz CT molecular complexity index is 1310. The van der Waals surface area contributed by atoms with E-state index in [4.69, 9.17) is 5.10 Å². The van der Waals surface area contributed by atoms with E-state index < -0.39 is 10.0 Å². The van der Waals surface area contributed by atoms with E-state index in [1.165, 1.54) is 0 Å². The maximum atomic E-state index is 11.7. The number of hydrogen-bond acceptors (Lipinski definition) is 5. The molecule has 2 heterocycles. The lowest BCUT2D eigenvalue weighted by atomic mass is 10.0. The first-order valence-corrected chi connectivity index (χ1v) is 10.9. The molecule has 7 nitrogen and oxygen atoms in total. The van der Waals surface area contributed by atoms with Crippen LogP contribution in [0.1, 0.15) is 31.2 Å². The van der Waals surface area contributed by atoms with Gasteiger partial charge in [0.05, 0.1) is 17.6 Å². The summed E-state index contributed by atoms with van der Waals surface area (Å²) in [4.78, 5) is 0. The largest absolute Gasteiger partial charge is 0.283 e. The number of rotatable bonds is 4. The Hall–Kier alpha value is -3.00. The van der Waals surface area contributed by atoms with Crippen LogP contribution in [0.4, 0.5) is 5.69 Å². The molecule has 0 atom stereocenters. The summed E-state index contributed by atoms with van der Waals surface area (Å²) in [6.07, 6.45) is 1.14. The summed E-state index contributed by atoms with van der Waals surface area (Å²) in [7, 11) is -3.38. The van der Waals surface area contributed by atoms with Crippen molar-refractivity contribution in [2.75, 3.05) is 11.0 Å². The van der Waals surface area contributed by atoms with Crippen molar-refractivity contribution in [3.05, 3.63) is 53.9 Å². The van der Waals surface area contributed by atoms with Crippen LogP contribution in [0.2, 0.25) is 0 Å². The molecule has 0 saturated carbocycles. The average Bonchev–Trinajstić information content (AvgIpc) is 3.06. The second kappa shape index (κ2) is 6.56. The third-order valence-corrected chi connectivity index (χ3v) is 5.20. The van der Waals surface area contributed by atoms with Gasteiger partial charge in [-0.2, -0.15) is 9.61 Å². The highest BCUT2D eigenvalue weighted by atomic mass is 32.2. The molecular formula is C20H21N5O2S. The van der Waals surface area contributed by atoms with Gasteiger partial charge in [0.15, 0.2) is 11.5 Å². The monoisotopic (exact) mass is 395 g/mol. The van der Waals surface area contributed by atoms with Gasteiger partial charge >= 0.3 is 0 Å². The fourth-order valence-corrected chi connectivity index (χ4v) is 3.87. The second-order valence-corrected chi connectivity index (χ2v) is 8.99. The third-order valence-electron chi connectivity index (χ3n) is 4.61. The molecular weight excluding hydrogens is 374 g/mol. The summed E-state index contributed by atoms with van der Waals surface area (Å²) in [6.45, 7) is 5.96. The van der Waals surface area contributed by atoms with Crippen molar-refractivity contribution < 1.29 is 8.42 Å². The van der Waals surface area contributed by atoms with Gasteiger partial charge < -0.3 is 0 Å². The van der Waals surface area contributed by atoms with Gasteiger partial charge in [-0.25, -0.2) is 8.42 Å². The molecule has 0 radical (unpaired) electrons. The third kappa shape index (κ3) is 3.20. The molecule has 0 fully saturated rings. The Labute approximate surface area is 163 Å². The molecule has 2 aromatic heterocycles. The number of benzene rings is 2. The molecule has 28 heavy (non-hydrogen) atoms. The zero-order valence-electron chi connectivity index (χ0n) is 16.1. The van der Waals surface area contributed by atoms with E-state index in [2.05, 4.69) is 14.9 Å². The number of sulfonamides is 1. The predicted octanol–water partition coefficient (Wildman–Crippen LogP) is 3.75.